The SMILES string of the molecule is CC(=O)Nc1c(OCc2ccccc2)ccc(C[C@@H](CO)NC(=O)OC(C)(C)C)c1[N+](=O)[O-]. The lowest BCUT2D eigenvalue weighted by Crippen LogP contribution is -2.42. The molecule has 0 saturated carbocycles. The first-order valence-corrected chi connectivity index (χ1v) is 10.3. The van der Waals surface area contributed by atoms with Gasteiger partial charge in [-0.15, -0.1) is 0 Å². The monoisotopic (exact) mass is 459 g/mol. The number of carbonyl (C=O) groups excluding carboxylic acids is 2. The zero-order valence-corrected chi connectivity index (χ0v) is 19.1. The minimum absolute atomic E-state index is 0.0718. The van der Waals surface area contributed by atoms with Crippen molar-refractivity contribution in [1.29, 1.82) is 0 Å². The molecule has 0 spiro atoms. The van der Waals surface area contributed by atoms with Crippen molar-refractivity contribution in [2.24, 2.45) is 0 Å². The van der Waals surface area contributed by atoms with E-state index in [2.05, 4.69) is 10.6 Å². The van der Waals surface area contributed by atoms with Crippen molar-refractivity contribution in [3.05, 3.63) is 63.7 Å². The quantitative estimate of drug-likeness (QED) is 0.385. The predicted molar refractivity (Wildman–Crippen MR) is 122 cm³/mol. The van der Waals surface area contributed by atoms with Crippen LogP contribution in [-0.4, -0.2) is 40.3 Å². The number of anilines is 1. The standard InChI is InChI=1S/C23H29N3O7/c1-15(28)24-20-19(32-14-16-8-6-5-7-9-16)11-10-17(21(20)26(30)31)12-18(13-27)25-22(29)33-23(2,3)4/h5-11,18,27H,12-14H2,1-4H3,(H,24,28)(H,25,29)/t18-/m0/s1. The third kappa shape index (κ3) is 8.08. The molecule has 0 heterocycles. The van der Waals surface area contributed by atoms with Gasteiger partial charge in [0.05, 0.1) is 17.6 Å². The van der Waals surface area contributed by atoms with Gasteiger partial charge in [0.1, 0.15) is 18.0 Å². The Morgan fingerprint density at radius 2 is 1.82 bits per heavy atom. The maximum absolute atomic E-state index is 12.1. The van der Waals surface area contributed by atoms with E-state index in [1.54, 1.807) is 20.8 Å². The molecule has 0 aromatic heterocycles. The highest BCUT2D eigenvalue weighted by molar-refractivity contribution is 5.94. The molecule has 2 aromatic carbocycles. The molecule has 1 atom stereocenters. The van der Waals surface area contributed by atoms with Crippen LogP contribution in [0.5, 0.6) is 5.75 Å². The number of aliphatic hydroxyl groups excluding tert-OH is 1. The van der Waals surface area contributed by atoms with E-state index < -0.39 is 35.2 Å². The highest BCUT2D eigenvalue weighted by Crippen LogP contribution is 2.38. The molecule has 0 bridgehead atoms. The molecule has 10 nitrogen and oxygen atoms in total. The van der Waals surface area contributed by atoms with E-state index >= 15 is 0 Å². The summed E-state index contributed by atoms with van der Waals surface area (Å²) >= 11 is 0. The van der Waals surface area contributed by atoms with Gasteiger partial charge < -0.3 is 25.2 Å². The largest absolute Gasteiger partial charge is 0.486 e. The van der Waals surface area contributed by atoms with Crippen LogP contribution >= 0.6 is 0 Å². The van der Waals surface area contributed by atoms with E-state index in [9.17, 15) is 24.8 Å². The van der Waals surface area contributed by atoms with E-state index in [-0.39, 0.29) is 35.7 Å². The molecule has 0 aliphatic rings. The zero-order valence-electron chi connectivity index (χ0n) is 19.1. The third-order valence-corrected chi connectivity index (χ3v) is 4.35. The molecular weight excluding hydrogens is 430 g/mol. The molecule has 3 N–H and O–H groups in total. The Balaban J connectivity index is 2.34. The predicted octanol–water partition coefficient (Wildman–Crippen LogP) is 3.56. The Hall–Kier alpha value is -3.66. The number of hydrogen-bond acceptors (Lipinski definition) is 7. The Bertz CT molecular complexity index is 988. The molecule has 0 aliphatic heterocycles. The summed E-state index contributed by atoms with van der Waals surface area (Å²) in [4.78, 5) is 35.2. The number of aliphatic hydroxyl groups is 1. The average molecular weight is 459 g/mol. The summed E-state index contributed by atoms with van der Waals surface area (Å²) in [5, 5.41) is 26.7. The fraction of sp³-hybridized carbons (Fsp3) is 0.391. The molecule has 0 aliphatic carbocycles. The topological polar surface area (TPSA) is 140 Å². The Morgan fingerprint density at radius 1 is 1.15 bits per heavy atom. The second-order valence-corrected chi connectivity index (χ2v) is 8.39. The number of alkyl carbamates (subject to hydrolysis) is 1. The maximum Gasteiger partial charge on any atom is 0.407 e. The van der Waals surface area contributed by atoms with Gasteiger partial charge in [-0.1, -0.05) is 30.3 Å². The minimum Gasteiger partial charge on any atom is -0.486 e. The van der Waals surface area contributed by atoms with Gasteiger partial charge in [-0.3, -0.25) is 14.9 Å². The fourth-order valence-electron chi connectivity index (χ4n) is 3.04. The zero-order chi connectivity index (χ0) is 24.6. The molecule has 10 heteroatoms. The Morgan fingerprint density at radius 3 is 2.36 bits per heavy atom. The molecule has 2 amide bonds. The third-order valence-electron chi connectivity index (χ3n) is 4.35. The molecule has 33 heavy (non-hydrogen) atoms. The summed E-state index contributed by atoms with van der Waals surface area (Å²) in [6.07, 6.45) is -0.827. The minimum atomic E-state index is -0.847. The molecular formula is C23H29N3O7. The van der Waals surface area contributed by atoms with Gasteiger partial charge in [0, 0.05) is 18.9 Å². The molecule has 0 unspecified atom stereocenters. The lowest BCUT2D eigenvalue weighted by atomic mass is 10.0. The van der Waals surface area contributed by atoms with Crippen LogP contribution in [0.2, 0.25) is 0 Å². The van der Waals surface area contributed by atoms with Gasteiger partial charge in [0.2, 0.25) is 5.91 Å². The Kier molecular flexibility index (Phi) is 8.75. The van der Waals surface area contributed by atoms with Gasteiger partial charge in [-0.05, 0) is 38.5 Å². The van der Waals surface area contributed by atoms with E-state index in [1.807, 2.05) is 30.3 Å². The number of ether oxygens (including phenoxy) is 2. The normalized spacial score (nSPS) is 11.9. The van der Waals surface area contributed by atoms with Crippen LogP contribution in [0, 0.1) is 10.1 Å². The van der Waals surface area contributed by atoms with Crippen LogP contribution in [0.1, 0.15) is 38.8 Å². The van der Waals surface area contributed by atoms with Crippen molar-refractivity contribution in [3.8, 4) is 5.75 Å². The van der Waals surface area contributed by atoms with E-state index in [0.717, 1.165) is 5.56 Å². The lowest BCUT2D eigenvalue weighted by Gasteiger charge is -2.23. The first-order chi connectivity index (χ1) is 15.5. The first-order valence-electron chi connectivity index (χ1n) is 10.3. The number of carbonyl (C=O) groups is 2. The number of nitrogens with zero attached hydrogens (tertiary/aromatic N) is 1. The number of rotatable bonds is 9. The molecule has 178 valence electrons. The number of amides is 2. The number of hydrogen-bond donors (Lipinski definition) is 3. The lowest BCUT2D eigenvalue weighted by molar-refractivity contribution is -0.384. The van der Waals surface area contributed by atoms with Crippen molar-refractivity contribution in [3.63, 3.8) is 0 Å². The maximum atomic E-state index is 12.1. The summed E-state index contributed by atoms with van der Waals surface area (Å²) in [6.45, 7) is 5.98. The van der Waals surface area contributed by atoms with Crippen LogP contribution < -0.4 is 15.4 Å². The fourth-order valence-corrected chi connectivity index (χ4v) is 3.04. The summed E-state index contributed by atoms with van der Waals surface area (Å²) in [7, 11) is 0. The van der Waals surface area contributed by atoms with Crippen molar-refractivity contribution in [2.75, 3.05) is 11.9 Å². The average Bonchev–Trinajstić information content (AvgIpc) is 2.71. The summed E-state index contributed by atoms with van der Waals surface area (Å²) in [6, 6.07) is 11.4. The van der Waals surface area contributed by atoms with Gasteiger partial charge in [0.25, 0.3) is 5.69 Å². The van der Waals surface area contributed by atoms with Crippen LogP contribution in [0.3, 0.4) is 0 Å². The summed E-state index contributed by atoms with van der Waals surface area (Å²) in [5.41, 5.74) is -0.159. The van der Waals surface area contributed by atoms with Crippen molar-refractivity contribution in [2.45, 2.75) is 52.4 Å². The van der Waals surface area contributed by atoms with Crippen molar-refractivity contribution < 1.29 is 29.1 Å². The van der Waals surface area contributed by atoms with Gasteiger partial charge in [-0.25, -0.2) is 4.79 Å². The van der Waals surface area contributed by atoms with Crippen LogP contribution in [0.25, 0.3) is 0 Å². The van der Waals surface area contributed by atoms with E-state index in [4.69, 9.17) is 9.47 Å². The van der Waals surface area contributed by atoms with Gasteiger partial charge in [0.15, 0.2) is 5.69 Å². The number of nitro benzene ring substituents is 1. The second-order valence-electron chi connectivity index (χ2n) is 8.39. The second kappa shape index (κ2) is 11.3. The number of nitro groups is 1. The van der Waals surface area contributed by atoms with E-state index in [1.165, 1.54) is 19.1 Å². The number of nitrogens with one attached hydrogen (secondary N) is 2. The van der Waals surface area contributed by atoms with Crippen LogP contribution in [0.4, 0.5) is 16.2 Å². The van der Waals surface area contributed by atoms with Crippen molar-refractivity contribution in [1.82, 2.24) is 5.32 Å². The van der Waals surface area contributed by atoms with Gasteiger partial charge >= 0.3 is 6.09 Å². The first kappa shape index (κ1) is 25.6. The number of benzene rings is 2. The van der Waals surface area contributed by atoms with Crippen LogP contribution in [-0.2, 0) is 22.6 Å². The smallest absolute Gasteiger partial charge is 0.407 e. The van der Waals surface area contributed by atoms with E-state index in [0.29, 0.717) is 0 Å². The van der Waals surface area contributed by atoms with Gasteiger partial charge in [-0.2, -0.15) is 0 Å². The molecule has 2 aromatic rings. The van der Waals surface area contributed by atoms with Crippen LogP contribution in [0.15, 0.2) is 42.5 Å². The highest BCUT2D eigenvalue weighted by atomic mass is 16.6. The molecule has 0 fully saturated rings. The molecule has 0 saturated heterocycles. The summed E-state index contributed by atoms with van der Waals surface area (Å²) in [5.74, 6) is -0.379. The molecule has 0 radical (unpaired) electrons. The highest BCUT2D eigenvalue weighted by Gasteiger charge is 2.28. The summed E-state index contributed by atoms with van der Waals surface area (Å²) < 4.78 is 10.9. The Labute approximate surface area is 192 Å². The van der Waals surface area contributed by atoms with Crippen molar-refractivity contribution >= 4 is 23.4 Å². The molecule has 2 rings (SSSR count).